The number of halogens is 1. The zero-order chi connectivity index (χ0) is 20.1. The highest BCUT2D eigenvalue weighted by molar-refractivity contribution is 6.04. The number of benzene rings is 1. The molecule has 1 aromatic heterocycles. The number of carbonyl (C=O) groups excluding carboxylic acids is 2. The number of nitrogens with zero attached hydrogens (tertiary/aromatic N) is 1. The van der Waals surface area contributed by atoms with Crippen LogP contribution >= 0.6 is 0 Å². The molecule has 0 atom stereocenters. The average Bonchev–Trinajstić information content (AvgIpc) is 2.71. The molecule has 0 aliphatic heterocycles. The average molecular weight is 385 g/mol. The summed E-state index contributed by atoms with van der Waals surface area (Å²) in [6.45, 7) is 0. The predicted octanol–water partition coefficient (Wildman–Crippen LogP) is 3.69. The molecule has 7 nitrogen and oxygen atoms in total. The van der Waals surface area contributed by atoms with Crippen molar-refractivity contribution < 1.29 is 23.9 Å². The van der Waals surface area contributed by atoms with Gasteiger partial charge in [-0.3, -0.25) is 14.6 Å². The molecule has 146 valence electrons. The van der Waals surface area contributed by atoms with Crippen LogP contribution in [0.25, 0.3) is 0 Å². The number of pyridine rings is 1. The molecule has 3 N–H and O–H groups in total. The van der Waals surface area contributed by atoms with Crippen molar-refractivity contribution in [2.24, 2.45) is 5.92 Å². The van der Waals surface area contributed by atoms with Gasteiger partial charge in [0, 0.05) is 17.8 Å². The Bertz CT molecular complexity index is 910. The molecule has 0 spiro atoms. The first-order chi connectivity index (χ1) is 13.4. The van der Waals surface area contributed by atoms with Crippen molar-refractivity contribution in [3.05, 3.63) is 53.6 Å². The van der Waals surface area contributed by atoms with Crippen molar-refractivity contribution in [3.63, 3.8) is 0 Å². The first-order valence-corrected chi connectivity index (χ1v) is 9.05. The Labute approximate surface area is 161 Å². The number of amides is 2. The van der Waals surface area contributed by atoms with Crippen LogP contribution in [0.1, 0.15) is 53.0 Å². The summed E-state index contributed by atoms with van der Waals surface area (Å²) in [5.41, 5.74) is 0.0881. The van der Waals surface area contributed by atoms with Crippen LogP contribution in [0.3, 0.4) is 0 Å². The van der Waals surface area contributed by atoms with Gasteiger partial charge in [0.2, 0.25) is 5.91 Å². The summed E-state index contributed by atoms with van der Waals surface area (Å²) >= 11 is 0. The molecular formula is C20H20FN3O4. The lowest BCUT2D eigenvalue weighted by Gasteiger charge is -2.21. The van der Waals surface area contributed by atoms with Crippen LogP contribution < -0.4 is 10.6 Å². The molecule has 8 heteroatoms. The number of hydrogen-bond acceptors (Lipinski definition) is 4. The number of aromatic nitrogens is 1. The van der Waals surface area contributed by atoms with E-state index in [1.54, 1.807) is 0 Å². The third-order valence-electron chi connectivity index (χ3n) is 4.70. The Kier molecular flexibility index (Phi) is 5.98. The number of anilines is 2. The fourth-order valence-corrected chi connectivity index (χ4v) is 3.18. The smallest absolute Gasteiger partial charge is 0.335 e. The van der Waals surface area contributed by atoms with Gasteiger partial charge >= 0.3 is 5.97 Å². The summed E-state index contributed by atoms with van der Waals surface area (Å²) in [4.78, 5) is 39.5. The van der Waals surface area contributed by atoms with Crippen LogP contribution in [0.5, 0.6) is 0 Å². The summed E-state index contributed by atoms with van der Waals surface area (Å²) in [7, 11) is 0. The second-order valence-electron chi connectivity index (χ2n) is 6.71. The van der Waals surface area contributed by atoms with Gasteiger partial charge in [-0.15, -0.1) is 0 Å². The summed E-state index contributed by atoms with van der Waals surface area (Å²) in [5.74, 6) is -2.77. The highest BCUT2D eigenvalue weighted by Gasteiger charge is 2.22. The van der Waals surface area contributed by atoms with Gasteiger partial charge < -0.3 is 15.7 Å². The molecule has 2 aromatic rings. The highest BCUT2D eigenvalue weighted by atomic mass is 19.1. The summed E-state index contributed by atoms with van der Waals surface area (Å²) in [6.07, 6.45) is 5.87. The Morgan fingerprint density at radius 3 is 2.50 bits per heavy atom. The van der Waals surface area contributed by atoms with E-state index in [9.17, 15) is 18.8 Å². The minimum atomic E-state index is -1.18. The SMILES string of the molecule is O=C(O)c1ccnc(C(=O)Nc2ccc(F)c(NC(=O)C3CCCCC3)c2)c1. The fourth-order valence-electron chi connectivity index (χ4n) is 3.18. The maximum atomic E-state index is 14.1. The molecule has 2 amide bonds. The van der Waals surface area contributed by atoms with Crippen LogP contribution in [0.15, 0.2) is 36.5 Å². The molecule has 1 saturated carbocycles. The van der Waals surface area contributed by atoms with Gasteiger partial charge in [0.25, 0.3) is 5.91 Å². The van der Waals surface area contributed by atoms with E-state index in [4.69, 9.17) is 5.11 Å². The lowest BCUT2D eigenvalue weighted by Crippen LogP contribution is -2.25. The molecule has 1 aromatic carbocycles. The topological polar surface area (TPSA) is 108 Å². The monoisotopic (exact) mass is 385 g/mol. The molecule has 28 heavy (non-hydrogen) atoms. The lowest BCUT2D eigenvalue weighted by molar-refractivity contribution is -0.120. The second kappa shape index (κ2) is 8.60. The molecule has 1 heterocycles. The number of hydrogen-bond donors (Lipinski definition) is 3. The van der Waals surface area contributed by atoms with Gasteiger partial charge in [-0.2, -0.15) is 0 Å². The van der Waals surface area contributed by atoms with Crippen molar-refractivity contribution in [1.82, 2.24) is 4.98 Å². The van der Waals surface area contributed by atoms with E-state index < -0.39 is 17.7 Å². The van der Waals surface area contributed by atoms with Crippen LogP contribution in [-0.4, -0.2) is 27.9 Å². The number of aromatic carboxylic acids is 1. The minimum absolute atomic E-state index is 0.0133. The Morgan fingerprint density at radius 1 is 1.04 bits per heavy atom. The van der Waals surface area contributed by atoms with Gasteiger partial charge in [-0.05, 0) is 43.2 Å². The number of carbonyl (C=O) groups is 3. The van der Waals surface area contributed by atoms with Gasteiger partial charge in [0.1, 0.15) is 11.5 Å². The number of carboxylic acids is 1. The lowest BCUT2D eigenvalue weighted by atomic mass is 9.88. The summed E-state index contributed by atoms with van der Waals surface area (Å²) in [5, 5.41) is 14.1. The number of nitrogens with one attached hydrogen (secondary N) is 2. The normalized spacial score (nSPS) is 14.3. The zero-order valence-corrected chi connectivity index (χ0v) is 15.1. The molecular weight excluding hydrogens is 365 g/mol. The van der Waals surface area contributed by atoms with Crippen LogP contribution in [0, 0.1) is 11.7 Å². The molecule has 1 aliphatic carbocycles. The second-order valence-corrected chi connectivity index (χ2v) is 6.71. The van der Waals surface area contributed by atoms with Crippen molar-refractivity contribution >= 4 is 29.2 Å². The maximum absolute atomic E-state index is 14.1. The van der Waals surface area contributed by atoms with Crippen LogP contribution in [0.2, 0.25) is 0 Å². The minimum Gasteiger partial charge on any atom is -0.478 e. The van der Waals surface area contributed by atoms with E-state index in [-0.39, 0.29) is 34.5 Å². The first kappa shape index (κ1) is 19.5. The molecule has 1 aliphatic rings. The van der Waals surface area contributed by atoms with E-state index in [2.05, 4.69) is 15.6 Å². The number of rotatable bonds is 5. The van der Waals surface area contributed by atoms with E-state index >= 15 is 0 Å². The Morgan fingerprint density at radius 2 is 1.79 bits per heavy atom. The van der Waals surface area contributed by atoms with Gasteiger partial charge in [0.05, 0.1) is 11.3 Å². The predicted molar refractivity (Wildman–Crippen MR) is 101 cm³/mol. The highest BCUT2D eigenvalue weighted by Crippen LogP contribution is 2.26. The quantitative estimate of drug-likeness (QED) is 0.727. The van der Waals surface area contributed by atoms with Crippen molar-refractivity contribution in [2.45, 2.75) is 32.1 Å². The molecule has 0 radical (unpaired) electrons. The summed E-state index contributed by atoms with van der Waals surface area (Å²) < 4.78 is 14.1. The van der Waals surface area contributed by atoms with E-state index in [0.717, 1.165) is 44.2 Å². The molecule has 0 bridgehead atoms. The Balaban J connectivity index is 1.72. The van der Waals surface area contributed by atoms with Crippen LogP contribution in [0.4, 0.5) is 15.8 Å². The Hall–Kier alpha value is -3.29. The number of carboxylic acid groups (broad SMARTS) is 1. The van der Waals surface area contributed by atoms with Crippen molar-refractivity contribution in [3.8, 4) is 0 Å². The largest absolute Gasteiger partial charge is 0.478 e. The van der Waals surface area contributed by atoms with Gasteiger partial charge in [-0.25, -0.2) is 9.18 Å². The maximum Gasteiger partial charge on any atom is 0.335 e. The molecule has 0 saturated heterocycles. The third-order valence-corrected chi connectivity index (χ3v) is 4.70. The molecule has 1 fully saturated rings. The van der Waals surface area contributed by atoms with Gasteiger partial charge in [0.15, 0.2) is 0 Å². The van der Waals surface area contributed by atoms with Crippen LogP contribution in [-0.2, 0) is 4.79 Å². The third kappa shape index (κ3) is 4.70. The fraction of sp³-hybridized carbons (Fsp3) is 0.300. The molecule has 0 unspecified atom stereocenters. The summed E-state index contributed by atoms with van der Waals surface area (Å²) in [6, 6.07) is 6.25. The van der Waals surface area contributed by atoms with E-state index in [0.29, 0.717) is 0 Å². The van der Waals surface area contributed by atoms with Crippen molar-refractivity contribution in [2.75, 3.05) is 10.6 Å². The first-order valence-electron chi connectivity index (χ1n) is 9.05. The zero-order valence-electron chi connectivity index (χ0n) is 15.1. The van der Waals surface area contributed by atoms with E-state index in [1.165, 1.54) is 24.4 Å². The van der Waals surface area contributed by atoms with E-state index in [1.807, 2.05) is 0 Å². The standard InChI is InChI=1S/C20H20FN3O4/c21-15-7-6-14(11-16(15)24-18(25)12-4-2-1-3-5-12)23-19(26)17-10-13(20(27)28)8-9-22-17/h6-12H,1-5H2,(H,23,26)(H,24,25)(H,27,28). The van der Waals surface area contributed by atoms with Gasteiger partial charge in [-0.1, -0.05) is 19.3 Å². The van der Waals surface area contributed by atoms with Crippen molar-refractivity contribution in [1.29, 1.82) is 0 Å². The molecule has 3 rings (SSSR count).